The van der Waals surface area contributed by atoms with Crippen molar-refractivity contribution in [1.82, 2.24) is 0 Å². The highest BCUT2D eigenvalue weighted by Crippen LogP contribution is 2.23. The van der Waals surface area contributed by atoms with Crippen molar-refractivity contribution < 1.29 is 13.9 Å². The Bertz CT molecular complexity index is 295. The highest BCUT2D eigenvalue weighted by molar-refractivity contribution is 5.22. The van der Waals surface area contributed by atoms with Gasteiger partial charge in [-0.2, -0.15) is 0 Å². The molecule has 1 aromatic rings. The van der Waals surface area contributed by atoms with E-state index in [0.717, 1.165) is 12.1 Å². The largest absolute Gasteiger partial charge is 0.388 e. The van der Waals surface area contributed by atoms with Gasteiger partial charge < -0.3 is 10.8 Å². The van der Waals surface area contributed by atoms with Gasteiger partial charge in [-0.15, -0.1) is 0 Å². The van der Waals surface area contributed by atoms with Crippen LogP contribution in [-0.4, -0.2) is 11.1 Å². The van der Waals surface area contributed by atoms with E-state index >= 15 is 0 Å². The van der Waals surface area contributed by atoms with Crippen molar-refractivity contribution in [3.63, 3.8) is 0 Å². The summed E-state index contributed by atoms with van der Waals surface area (Å²) in [7, 11) is 0. The normalized spacial score (nSPS) is 15.2. The molecule has 3 N–H and O–H groups in total. The molecule has 0 aromatic heterocycles. The predicted octanol–water partition coefficient (Wildman–Crippen LogP) is 1.74. The molecule has 78 valence electrons. The molecule has 0 heterocycles. The first-order chi connectivity index (χ1) is 6.52. The molecular formula is C10H13F2NO. The summed E-state index contributed by atoms with van der Waals surface area (Å²) in [6.07, 6.45) is -1.05. The molecule has 0 bridgehead atoms. The minimum absolute atomic E-state index is 0.137. The average Bonchev–Trinajstić information content (AvgIpc) is 2.01. The number of halogens is 2. The van der Waals surface area contributed by atoms with Gasteiger partial charge in [0.05, 0.1) is 11.7 Å². The van der Waals surface area contributed by atoms with E-state index in [9.17, 15) is 13.9 Å². The van der Waals surface area contributed by atoms with Gasteiger partial charge in [0.1, 0.15) is 11.6 Å². The third-order valence-corrected chi connectivity index (χ3v) is 1.93. The lowest BCUT2D eigenvalue weighted by molar-refractivity contribution is 0.151. The number of hydrogen-bond acceptors (Lipinski definition) is 2. The van der Waals surface area contributed by atoms with Gasteiger partial charge in [0, 0.05) is 6.04 Å². The van der Waals surface area contributed by atoms with Gasteiger partial charge in [-0.3, -0.25) is 0 Å². The molecule has 1 aromatic carbocycles. The Morgan fingerprint density at radius 2 is 1.86 bits per heavy atom. The highest BCUT2D eigenvalue weighted by Gasteiger charge is 2.18. The molecule has 0 amide bonds. The van der Waals surface area contributed by atoms with Crippen molar-refractivity contribution in [2.24, 2.45) is 5.73 Å². The summed E-state index contributed by atoms with van der Waals surface area (Å²) in [5, 5.41) is 9.49. The van der Waals surface area contributed by atoms with Crippen molar-refractivity contribution in [2.45, 2.75) is 25.5 Å². The van der Waals surface area contributed by atoms with Gasteiger partial charge >= 0.3 is 0 Å². The van der Waals surface area contributed by atoms with E-state index < -0.39 is 17.7 Å². The van der Waals surface area contributed by atoms with Crippen LogP contribution in [0.15, 0.2) is 18.2 Å². The molecular weight excluding hydrogens is 188 g/mol. The monoisotopic (exact) mass is 201 g/mol. The summed E-state index contributed by atoms with van der Waals surface area (Å²) in [4.78, 5) is 0. The molecule has 0 aliphatic carbocycles. The summed E-state index contributed by atoms with van der Waals surface area (Å²) in [5.41, 5.74) is 5.12. The van der Waals surface area contributed by atoms with Gasteiger partial charge in [-0.05, 0) is 25.5 Å². The van der Waals surface area contributed by atoms with Crippen LogP contribution >= 0.6 is 0 Å². The van der Waals surface area contributed by atoms with Crippen molar-refractivity contribution in [3.05, 3.63) is 35.4 Å². The average molecular weight is 201 g/mol. The maximum atomic E-state index is 13.1. The van der Waals surface area contributed by atoms with Crippen LogP contribution in [0.1, 0.15) is 25.0 Å². The molecule has 0 aliphatic rings. The molecule has 14 heavy (non-hydrogen) atoms. The fourth-order valence-corrected chi connectivity index (χ4v) is 1.30. The lowest BCUT2D eigenvalue weighted by Crippen LogP contribution is -2.19. The maximum absolute atomic E-state index is 13.1. The van der Waals surface area contributed by atoms with E-state index in [2.05, 4.69) is 0 Å². The van der Waals surface area contributed by atoms with Crippen LogP contribution in [0.3, 0.4) is 0 Å². The lowest BCUT2D eigenvalue weighted by atomic mass is 10.0. The molecule has 0 fully saturated rings. The SMILES string of the molecule is CC(N)CC(O)c1c(F)cccc1F. The zero-order chi connectivity index (χ0) is 10.7. The van der Waals surface area contributed by atoms with Crippen LogP contribution in [0.4, 0.5) is 8.78 Å². The predicted molar refractivity (Wildman–Crippen MR) is 49.6 cm³/mol. The molecule has 1 rings (SSSR count). The molecule has 2 unspecified atom stereocenters. The van der Waals surface area contributed by atoms with Gasteiger partial charge in [-0.25, -0.2) is 8.78 Å². The first-order valence-corrected chi connectivity index (χ1v) is 4.40. The number of benzene rings is 1. The Hall–Kier alpha value is -1.00. The van der Waals surface area contributed by atoms with E-state index in [1.54, 1.807) is 6.92 Å². The van der Waals surface area contributed by atoms with Crippen LogP contribution in [-0.2, 0) is 0 Å². The Morgan fingerprint density at radius 3 is 2.29 bits per heavy atom. The molecule has 2 atom stereocenters. The van der Waals surface area contributed by atoms with Crippen LogP contribution in [0.5, 0.6) is 0 Å². The second kappa shape index (κ2) is 4.48. The van der Waals surface area contributed by atoms with Crippen LogP contribution < -0.4 is 5.73 Å². The first kappa shape index (κ1) is 11.1. The molecule has 0 aliphatic heterocycles. The number of nitrogens with two attached hydrogens (primary N) is 1. The van der Waals surface area contributed by atoms with Crippen LogP contribution in [0.2, 0.25) is 0 Å². The molecule has 0 radical (unpaired) electrons. The Labute approximate surface area is 81.4 Å². The number of aliphatic hydroxyl groups is 1. The summed E-state index contributed by atoms with van der Waals surface area (Å²) >= 11 is 0. The quantitative estimate of drug-likeness (QED) is 0.782. The Kier molecular flexibility index (Phi) is 3.55. The minimum Gasteiger partial charge on any atom is -0.388 e. The zero-order valence-corrected chi connectivity index (χ0v) is 7.87. The third-order valence-electron chi connectivity index (χ3n) is 1.93. The van der Waals surface area contributed by atoms with E-state index in [4.69, 9.17) is 5.73 Å². The standard InChI is InChI=1S/C10H13F2NO/c1-6(13)5-9(14)10-7(11)3-2-4-8(10)12/h2-4,6,9,14H,5,13H2,1H3. The summed E-state index contributed by atoms with van der Waals surface area (Å²) < 4.78 is 26.2. The van der Waals surface area contributed by atoms with Gasteiger partial charge in [0.25, 0.3) is 0 Å². The molecule has 2 nitrogen and oxygen atoms in total. The van der Waals surface area contributed by atoms with Crippen LogP contribution in [0.25, 0.3) is 0 Å². The minimum atomic E-state index is -1.18. The number of aliphatic hydroxyl groups excluding tert-OH is 1. The molecule has 4 heteroatoms. The highest BCUT2D eigenvalue weighted by atomic mass is 19.1. The fourth-order valence-electron chi connectivity index (χ4n) is 1.30. The van der Waals surface area contributed by atoms with Gasteiger partial charge in [0.2, 0.25) is 0 Å². The number of rotatable bonds is 3. The van der Waals surface area contributed by atoms with Gasteiger partial charge in [-0.1, -0.05) is 6.07 Å². The molecule has 0 saturated carbocycles. The topological polar surface area (TPSA) is 46.2 Å². The van der Waals surface area contributed by atoms with Crippen molar-refractivity contribution in [2.75, 3.05) is 0 Å². The first-order valence-electron chi connectivity index (χ1n) is 4.40. The maximum Gasteiger partial charge on any atom is 0.131 e. The second-order valence-electron chi connectivity index (χ2n) is 3.36. The molecule has 0 spiro atoms. The summed E-state index contributed by atoms with van der Waals surface area (Å²) in [6, 6.07) is 3.18. The second-order valence-corrected chi connectivity index (χ2v) is 3.36. The van der Waals surface area contributed by atoms with E-state index in [0.29, 0.717) is 0 Å². The van der Waals surface area contributed by atoms with Gasteiger partial charge in [0.15, 0.2) is 0 Å². The van der Waals surface area contributed by atoms with Crippen LogP contribution in [0, 0.1) is 11.6 Å². The smallest absolute Gasteiger partial charge is 0.131 e. The van der Waals surface area contributed by atoms with Crippen molar-refractivity contribution in [3.8, 4) is 0 Å². The lowest BCUT2D eigenvalue weighted by Gasteiger charge is -2.14. The molecule has 0 saturated heterocycles. The van der Waals surface area contributed by atoms with E-state index in [1.165, 1.54) is 6.07 Å². The van der Waals surface area contributed by atoms with E-state index in [-0.39, 0.29) is 18.0 Å². The zero-order valence-electron chi connectivity index (χ0n) is 7.87. The van der Waals surface area contributed by atoms with E-state index in [1.807, 2.05) is 0 Å². The summed E-state index contributed by atoms with van der Waals surface area (Å²) in [6.45, 7) is 1.67. The number of hydrogen-bond donors (Lipinski definition) is 2. The Balaban J connectivity index is 2.94. The summed E-state index contributed by atoms with van der Waals surface area (Å²) in [5.74, 6) is -1.48. The Morgan fingerprint density at radius 1 is 1.36 bits per heavy atom. The van der Waals surface area contributed by atoms with Crippen molar-refractivity contribution >= 4 is 0 Å². The van der Waals surface area contributed by atoms with Crippen molar-refractivity contribution in [1.29, 1.82) is 0 Å². The third kappa shape index (κ3) is 2.49. The fraction of sp³-hybridized carbons (Fsp3) is 0.400.